The van der Waals surface area contributed by atoms with Crippen molar-refractivity contribution in [3.8, 4) is 0 Å². The molecule has 1 aliphatic rings. The molecule has 0 saturated heterocycles. The average molecular weight is 376 g/mol. The van der Waals surface area contributed by atoms with Crippen LogP contribution in [0.2, 0.25) is 0 Å². The molecule has 24 heavy (non-hydrogen) atoms. The molecule has 0 unspecified atom stereocenters. The van der Waals surface area contributed by atoms with Crippen LogP contribution in [0.25, 0.3) is 0 Å². The Kier molecular flexibility index (Phi) is 7.22. The Hall–Kier alpha value is -1.15. The fourth-order valence-electron chi connectivity index (χ4n) is 2.57. The number of sulfonamides is 1. The van der Waals surface area contributed by atoms with E-state index in [1.54, 1.807) is 12.1 Å². The number of hydrogen-bond donors (Lipinski definition) is 3. The second kappa shape index (κ2) is 8.29. The lowest BCUT2D eigenvalue weighted by molar-refractivity contribution is 0.0915. The Morgan fingerprint density at radius 2 is 1.92 bits per heavy atom. The van der Waals surface area contributed by atoms with Crippen molar-refractivity contribution in [2.75, 3.05) is 6.54 Å². The molecule has 0 radical (unpaired) electrons. The van der Waals surface area contributed by atoms with E-state index in [4.69, 9.17) is 5.73 Å². The number of benzene rings is 1. The van der Waals surface area contributed by atoms with Gasteiger partial charge in [0.2, 0.25) is 10.0 Å². The minimum Gasteiger partial charge on any atom is -0.346 e. The summed E-state index contributed by atoms with van der Waals surface area (Å²) < 4.78 is 27.6. The summed E-state index contributed by atoms with van der Waals surface area (Å²) in [5.74, 6) is -0.335. The lowest BCUT2D eigenvalue weighted by Gasteiger charge is -2.24. The molecule has 1 amide bonds. The van der Waals surface area contributed by atoms with Gasteiger partial charge >= 0.3 is 0 Å². The molecule has 4 N–H and O–H groups in total. The van der Waals surface area contributed by atoms with Gasteiger partial charge in [0.05, 0.1) is 4.90 Å². The van der Waals surface area contributed by atoms with Gasteiger partial charge in [-0.15, -0.1) is 12.4 Å². The van der Waals surface area contributed by atoms with E-state index >= 15 is 0 Å². The number of amides is 1. The van der Waals surface area contributed by atoms with E-state index in [1.165, 1.54) is 12.1 Å². The molecule has 1 aliphatic carbocycles. The van der Waals surface area contributed by atoms with Crippen molar-refractivity contribution < 1.29 is 13.2 Å². The van der Waals surface area contributed by atoms with Crippen LogP contribution in [0.15, 0.2) is 29.2 Å². The van der Waals surface area contributed by atoms with Crippen molar-refractivity contribution in [2.45, 2.75) is 56.0 Å². The summed E-state index contributed by atoms with van der Waals surface area (Å²) in [5.41, 5.74) is 5.36. The monoisotopic (exact) mass is 375 g/mol. The predicted octanol–water partition coefficient (Wildman–Crippen LogP) is 1.80. The van der Waals surface area contributed by atoms with Crippen LogP contribution < -0.4 is 15.8 Å². The zero-order chi connectivity index (χ0) is 17.1. The van der Waals surface area contributed by atoms with Crippen molar-refractivity contribution in [2.24, 2.45) is 5.73 Å². The Bertz CT molecular complexity index is 671. The van der Waals surface area contributed by atoms with Crippen LogP contribution in [-0.4, -0.2) is 32.5 Å². The molecule has 1 saturated carbocycles. The smallest absolute Gasteiger partial charge is 0.251 e. The van der Waals surface area contributed by atoms with Crippen LogP contribution in [0.1, 0.15) is 49.9 Å². The SMILES string of the molecule is CC(C)(CN)NC(=O)c1cccc(S(=O)(=O)NC2CCCC2)c1.Cl. The van der Waals surface area contributed by atoms with Gasteiger partial charge in [0.25, 0.3) is 5.91 Å². The first kappa shape index (κ1) is 20.9. The second-order valence-corrected chi connectivity index (χ2v) is 8.39. The lowest BCUT2D eigenvalue weighted by atomic mass is 10.1. The van der Waals surface area contributed by atoms with E-state index < -0.39 is 15.6 Å². The van der Waals surface area contributed by atoms with Crippen LogP contribution in [0.4, 0.5) is 0 Å². The van der Waals surface area contributed by atoms with Gasteiger partial charge in [-0.05, 0) is 44.9 Å². The van der Waals surface area contributed by atoms with Crippen molar-refractivity contribution in [1.82, 2.24) is 10.0 Å². The van der Waals surface area contributed by atoms with Crippen molar-refractivity contribution in [1.29, 1.82) is 0 Å². The van der Waals surface area contributed by atoms with Gasteiger partial charge in [0.1, 0.15) is 0 Å². The van der Waals surface area contributed by atoms with E-state index in [1.807, 2.05) is 13.8 Å². The van der Waals surface area contributed by atoms with Crippen LogP contribution in [0.5, 0.6) is 0 Å². The number of halogens is 1. The fraction of sp³-hybridized carbons (Fsp3) is 0.562. The van der Waals surface area contributed by atoms with Gasteiger partial charge in [-0.3, -0.25) is 4.79 Å². The van der Waals surface area contributed by atoms with Crippen LogP contribution in [0.3, 0.4) is 0 Å². The zero-order valence-electron chi connectivity index (χ0n) is 14.0. The largest absolute Gasteiger partial charge is 0.346 e. The summed E-state index contributed by atoms with van der Waals surface area (Å²) in [5, 5.41) is 2.79. The lowest BCUT2D eigenvalue weighted by Crippen LogP contribution is -2.48. The van der Waals surface area contributed by atoms with E-state index in [2.05, 4.69) is 10.0 Å². The van der Waals surface area contributed by atoms with Crippen LogP contribution >= 0.6 is 12.4 Å². The topological polar surface area (TPSA) is 101 Å². The molecule has 0 heterocycles. The normalized spacial score (nSPS) is 15.8. The molecule has 0 bridgehead atoms. The third kappa shape index (κ3) is 5.44. The summed E-state index contributed by atoms with van der Waals surface area (Å²) in [6.07, 6.45) is 3.82. The third-order valence-corrected chi connectivity index (χ3v) is 5.56. The van der Waals surface area contributed by atoms with E-state index in [0.29, 0.717) is 12.1 Å². The van der Waals surface area contributed by atoms with Crippen LogP contribution in [0, 0.1) is 0 Å². The Balaban J connectivity index is 0.00000288. The Morgan fingerprint density at radius 3 is 2.50 bits per heavy atom. The van der Waals surface area contributed by atoms with E-state index in [9.17, 15) is 13.2 Å². The molecule has 1 aromatic carbocycles. The highest BCUT2D eigenvalue weighted by molar-refractivity contribution is 7.89. The number of carbonyl (C=O) groups excluding carboxylic acids is 1. The standard InChI is InChI=1S/C16H25N3O3S.ClH/c1-16(2,11-17)18-15(20)12-6-5-9-14(10-12)23(21,22)19-13-7-3-4-8-13;/h5-6,9-10,13,19H,3-4,7-8,11,17H2,1-2H3,(H,18,20);1H. The van der Waals surface area contributed by atoms with Crippen molar-refractivity contribution in [3.63, 3.8) is 0 Å². The maximum atomic E-state index is 12.4. The average Bonchev–Trinajstić information content (AvgIpc) is 2.99. The molecule has 0 atom stereocenters. The number of carbonyl (C=O) groups is 1. The summed E-state index contributed by atoms with van der Waals surface area (Å²) >= 11 is 0. The van der Waals surface area contributed by atoms with Crippen LogP contribution in [-0.2, 0) is 10.0 Å². The van der Waals surface area contributed by atoms with Gasteiger partial charge in [-0.2, -0.15) is 0 Å². The minimum atomic E-state index is -3.60. The highest BCUT2D eigenvalue weighted by Crippen LogP contribution is 2.21. The molecule has 136 valence electrons. The van der Waals surface area contributed by atoms with Gasteiger partial charge in [0.15, 0.2) is 0 Å². The second-order valence-electron chi connectivity index (χ2n) is 6.67. The minimum absolute atomic E-state index is 0. The van der Waals surface area contributed by atoms with Crippen molar-refractivity contribution >= 4 is 28.3 Å². The molecule has 0 spiro atoms. The summed E-state index contributed by atoms with van der Waals surface area (Å²) in [6, 6.07) is 6.07. The maximum absolute atomic E-state index is 12.4. The first-order valence-electron chi connectivity index (χ1n) is 7.88. The number of nitrogens with two attached hydrogens (primary N) is 1. The molecule has 1 fully saturated rings. The van der Waals surface area contributed by atoms with Gasteiger partial charge in [-0.25, -0.2) is 13.1 Å². The fourth-order valence-corrected chi connectivity index (χ4v) is 3.92. The quantitative estimate of drug-likeness (QED) is 0.705. The van der Waals surface area contributed by atoms with E-state index in [-0.39, 0.29) is 29.3 Å². The summed E-state index contributed by atoms with van der Waals surface area (Å²) in [7, 11) is -3.60. The summed E-state index contributed by atoms with van der Waals surface area (Å²) in [6.45, 7) is 3.92. The highest BCUT2D eigenvalue weighted by atomic mass is 35.5. The number of nitrogens with one attached hydrogen (secondary N) is 2. The Labute approximate surface area is 150 Å². The maximum Gasteiger partial charge on any atom is 0.251 e. The van der Waals surface area contributed by atoms with E-state index in [0.717, 1.165) is 25.7 Å². The first-order chi connectivity index (χ1) is 10.7. The molecule has 0 aliphatic heterocycles. The summed E-state index contributed by atoms with van der Waals surface area (Å²) in [4.78, 5) is 12.4. The first-order valence-corrected chi connectivity index (χ1v) is 9.37. The van der Waals surface area contributed by atoms with Crippen molar-refractivity contribution in [3.05, 3.63) is 29.8 Å². The van der Waals surface area contributed by atoms with Gasteiger partial charge < -0.3 is 11.1 Å². The molecule has 0 aromatic heterocycles. The highest BCUT2D eigenvalue weighted by Gasteiger charge is 2.24. The molecular formula is C16H26ClN3O3S. The number of hydrogen-bond acceptors (Lipinski definition) is 4. The zero-order valence-corrected chi connectivity index (χ0v) is 15.7. The predicted molar refractivity (Wildman–Crippen MR) is 96.9 cm³/mol. The molecule has 1 aromatic rings. The molecular weight excluding hydrogens is 350 g/mol. The van der Waals surface area contributed by atoms with Gasteiger partial charge in [0, 0.05) is 23.7 Å². The number of rotatable bonds is 6. The molecule has 2 rings (SSSR count). The molecule has 8 heteroatoms. The molecule has 6 nitrogen and oxygen atoms in total. The third-order valence-electron chi connectivity index (χ3n) is 4.05. The Morgan fingerprint density at radius 1 is 1.29 bits per heavy atom. The van der Waals surface area contributed by atoms with Gasteiger partial charge in [-0.1, -0.05) is 18.9 Å².